The highest BCUT2D eigenvalue weighted by atomic mass is 32.2. The molecular weight excluding hydrogens is 454 g/mol. The van der Waals surface area contributed by atoms with Gasteiger partial charge in [-0.25, -0.2) is 10.4 Å². The summed E-state index contributed by atoms with van der Waals surface area (Å²) in [7, 11) is 1.91. The van der Waals surface area contributed by atoms with Gasteiger partial charge in [-0.15, -0.1) is 11.3 Å². The van der Waals surface area contributed by atoms with Crippen LogP contribution in [-0.2, 0) is 24.7 Å². The lowest BCUT2D eigenvalue weighted by Gasteiger charge is -2.13. The lowest BCUT2D eigenvalue weighted by atomic mass is 9.97. The Morgan fingerprint density at radius 1 is 1.21 bits per heavy atom. The highest BCUT2D eigenvalue weighted by molar-refractivity contribution is 7.99. The number of carbonyl (C=O) groups excluding carboxylic acids is 1. The normalized spacial score (nSPS) is 13.5. The molecule has 3 heterocycles. The number of para-hydroxylation sites is 1. The molecule has 0 saturated heterocycles. The van der Waals surface area contributed by atoms with Crippen molar-refractivity contribution >= 4 is 45.4 Å². The van der Waals surface area contributed by atoms with Gasteiger partial charge in [0.15, 0.2) is 5.16 Å². The van der Waals surface area contributed by atoms with Gasteiger partial charge in [-0.1, -0.05) is 30.0 Å². The van der Waals surface area contributed by atoms with Crippen molar-refractivity contribution in [1.29, 1.82) is 0 Å². The first-order chi connectivity index (χ1) is 16.1. The zero-order valence-electron chi connectivity index (χ0n) is 18.2. The van der Waals surface area contributed by atoms with Crippen molar-refractivity contribution in [3.63, 3.8) is 0 Å². The molecule has 3 aromatic heterocycles. The number of rotatable bonds is 6. The summed E-state index contributed by atoms with van der Waals surface area (Å²) in [5.41, 5.74) is 5.28. The van der Waals surface area contributed by atoms with Crippen LogP contribution < -0.4 is 11.0 Å². The van der Waals surface area contributed by atoms with Crippen molar-refractivity contribution in [2.75, 3.05) is 5.75 Å². The molecule has 7 nitrogen and oxygen atoms in total. The van der Waals surface area contributed by atoms with Gasteiger partial charge in [0.05, 0.1) is 28.7 Å². The maximum Gasteiger partial charge on any atom is 0.267 e. The third kappa shape index (κ3) is 4.38. The first kappa shape index (κ1) is 21.7. The standard InChI is InChI=1S/C24H23N5O2S2/c1-28-13-7-10-17(28)14-25-27-20(30)15-32-24-26-22-21(18-11-5-6-12-19(18)33-22)23(31)29(24)16-8-3-2-4-9-16/h2-4,7-10,13-14H,5-6,11-12,15H2,1H3,(H,27,30). The molecule has 0 aliphatic heterocycles. The fourth-order valence-corrected chi connectivity index (χ4v) is 6.14. The fourth-order valence-electron chi connectivity index (χ4n) is 4.03. The number of amides is 1. The van der Waals surface area contributed by atoms with E-state index in [9.17, 15) is 9.59 Å². The van der Waals surface area contributed by atoms with Crippen molar-refractivity contribution in [2.45, 2.75) is 30.8 Å². The maximum absolute atomic E-state index is 13.7. The number of nitrogens with one attached hydrogen (secondary N) is 1. The quantitative estimate of drug-likeness (QED) is 0.198. The lowest BCUT2D eigenvalue weighted by molar-refractivity contribution is -0.118. The third-order valence-corrected chi connectivity index (χ3v) is 7.80. The summed E-state index contributed by atoms with van der Waals surface area (Å²) >= 11 is 2.86. The van der Waals surface area contributed by atoms with Gasteiger partial charge in [0.25, 0.3) is 11.5 Å². The molecule has 0 fully saturated rings. The largest absolute Gasteiger partial charge is 0.350 e. The summed E-state index contributed by atoms with van der Waals surface area (Å²) in [4.78, 5) is 33.0. The van der Waals surface area contributed by atoms with Crippen molar-refractivity contribution in [3.05, 3.63) is 75.1 Å². The average Bonchev–Trinajstić information content (AvgIpc) is 3.41. The van der Waals surface area contributed by atoms with Crippen LogP contribution in [0.25, 0.3) is 15.9 Å². The van der Waals surface area contributed by atoms with E-state index in [1.165, 1.54) is 16.6 Å². The molecule has 1 amide bonds. The molecule has 1 aromatic carbocycles. The van der Waals surface area contributed by atoms with Crippen molar-refractivity contribution < 1.29 is 4.79 Å². The van der Waals surface area contributed by atoms with Gasteiger partial charge in [0.1, 0.15) is 4.83 Å². The number of carbonyl (C=O) groups is 1. The molecule has 33 heavy (non-hydrogen) atoms. The van der Waals surface area contributed by atoms with Crippen LogP contribution >= 0.6 is 23.1 Å². The minimum atomic E-state index is -0.259. The molecule has 4 aromatic rings. The summed E-state index contributed by atoms with van der Waals surface area (Å²) in [5, 5.41) is 5.28. The van der Waals surface area contributed by atoms with Crippen LogP contribution in [0.2, 0.25) is 0 Å². The average molecular weight is 478 g/mol. The maximum atomic E-state index is 13.7. The molecule has 1 aliphatic carbocycles. The van der Waals surface area contributed by atoms with Crippen LogP contribution in [0.1, 0.15) is 29.0 Å². The van der Waals surface area contributed by atoms with Crippen LogP contribution in [0.5, 0.6) is 0 Å². The van der Waals surface area contributed by atoms with Gasteiger partial charge >= 0.3 is 0 Å². The zero-order valence-corrected chi connectivity index (χ0v) is 19.8. The van der Waals surface area contributed by atoms with E-state index < -0.39 is 0 Å². The Bertz CT molecular complexity index is 1400. The predicted molar refractivity (Wildman–Crippen MR) is 134 cm³/mol. The molecule has 0 unspecified atom stereocenters. The second-order valence-corrected chi connectivity index (χ2v) is 9.91. The number of aromatic nitrogens is 3. The van der Waals surface area contributed by atoms with E-state index in [0.717, 1.165) is 52.8 Å². The Morgan fingerprint density at radius 3 is 2.82 bits per heavy atom. The number of thiophene rings is 1. The monoisotopic (exact) mass is 477 g/mol. The predicted octanol–water partition coefficient (Wildman–Crippen LogP) is 3.91. The minimum absolute atomic E-state index is 0.0600. The Kier molecular flexibility index (Phi) is 6.15. The molecule has 9 heteroatoms. The molecule has 0 atom stereocenters. The Balaban J connectivity index is 1.44. The highest BCUT2D eigenvalue weighted by Gasteiger charge is 2.23. The van der Waals surface area contributed by atoms with E-state index >= 15 is 0 Å². The van der Waals surface area contributed by atoms with Gasteiger partial charge in [-0.2, -0.15) is 5.10 Å². The molecule has 1 N–H and O–H groups in total. The van der Waals surface area contributed by atoms with Gasteiger partial charge in [0.2, 0.25) is 0 Å². The van der Waals surface area contributed by atoms with Gasteiger partial charge < -0.3 is 4.57 Å². The Hall–Kier alpha value is -3.17. The number of benzene rings is 1. The van der Waals surface area contributed by atoms with Crippen LogP contribution in [0.3, 0.4) is 0 Å². The van der Waals surface area contributed by atoms with Gasteiger partial charge in [0, 0.05) is 18.1 Å². The van der Waals surface area contributed by atoms with E-state index in [1.807, 2.05) is 60.3 Å². The molecule has 0 radical (unpaired) electrons. The molecule has 0 bridgehead atoms. The van der Waals surface area contributed by atoms with E-state index in [4.69, 9.17) is 4.98 Å². The SMILES string of the molecule is Cn1cccc1C=NNC(=O)CSc1nc2sc3c(c2c(=O)n1-c1ccccc1)CCCC3. The summed E-state index contributed by atoms with van der Waals surface area (Å²) in [6, 6.07) is 13.3. The van der Waals surface area contributed by atoms with Crippen LogP contribution in [0.15, 0.2) is 63.7 Å². The molecule has 0 spiro atoms. The van der Waals surface area contributed by atoms with Crippen LogP contribution in [0, 0.1) is 0 Å². The topological polar surface area (TPSA) is 81.3 Å². The third-order valence-electron chi connectivity index (χ3n) is 5.67. The van der Waals surface area contributed by atoms with Crippen LogP contribution in [0.4, 0.5) is 0 Å². The number of thioether (sulfide) groups is 1. The number of nitrogens with zero attached hydrogens (tertiary/aromatic N) is 4. The second-order valence-electron chi connectivity index (χ2n) is 7.89. The number of aryl methyl sites for hydroxylation is 3. The zero-order chi connectivity index (χ0) is 22.8. The first-order valence-electron chi connectivity index (χ1n) is 10.8. The molecule has 168 valence electrons. The van der Waals surface area contributed by atoms with Crippen molar-refractivity contribution in [2.24, 2.45) is 12.1 Å². The molecule has 0 saturated carbocycles. The first-order valence-corrected chi connectivity index (χ1v) is 12.6. The fraction of sp³-hybridized carbons (Fsp3) is 0.250. The number of hydrazone groups is 1. The molecule has 1 aliphatic rings. The Labute approximate surface area is 199 Å². The Morgan fingerprint density at radius 2 is 2.03 bits per heavy atom. The van der Waals surface area contributed by atoms with Crippen molar-refractivity contribution in [3.8, 4) is 5.69 Å². The number of fused-ring (bicyclic) bond motifs is 3. The van der Waals surface area contributed by atoms with E-state index in [1.54, 1.807) is 22.1 Å². The van der Waals surface area contributed by atoms with E-state index in [0.29, 0.717) is 5.16 Å². The van der Waals surface area contributed by atoms with Crippen LogP contribution in [-0.4, -0.2) is 32.0 Å². The van der Waals surface area contributed by atoms with Gasteiger partial charge in [-0.3, -0.25) is 14.2 Å². The molecule has 5 rings (SSSR count). The van der Waals surface area contributed by atoms with E-state index in [-0.39, 0.29) is 17.2 Å². The summed E-state index contributed by atoms with van der Waals surface area (Å²) < 4.78 is 3.54. The molecular formula is C24H23N5O2S2. The number of hydrogen-bond acceptors (Lipinski definition) is 6. The smallest absolute Gasteiger partial charge is 0.267 e. The summed E-state index contributed by atoms with van der Waals surface area (Å²) in [6.45, 7) is 0. The lowest BCUT2D eigenvalue weighted by Crippen LogP contribution is -2.24. The minimum Gasteiger partial charge on any atom is -0.350 e. The van der Waals surface area contributed by atoms with E-state index in [2.05, 4.69) is 10.5 Å². The highest BCUT2D eigenvalue weighted by Crippen LogP contribution is 2.35. The summed E-state index contributed by atoms with van der Waals surface area (Å²) in [5.74, 6) is -0.162. The summed E-state index contributed by atoms with van der Waals surface area (Å²) in [6.07, 6.45) is 7.69. The van der Waals surface area contributed by atoms with Crippen molar-refractivity contribution in [1.82, 2.24) is 19.5 Å². The second kappa shape index (κ2) is 9.36. The van der Waals surface area contributed by atoms with Gasteiger partial charge in [-0.05, 0) is 55.5 Å². The number of hydrogen-bond donors (Lipinski definition) is 1.